The lowest BCUT2D eigenvalue weighted by Crippen LogP contribution is -2.04. The topological polar surface area (TPSA) is 52.6 Å². The average Bonchev–Trinajstić information content (AvgIpc) is 2.47. The van der Waals surface area contributed by atoms with E-state index in [0.29, 0.717) is 11.5 Å². The minimum absolute atomic E-state index is 0.398. The summed E-state index contributed by atoms with van der Waals surface area (Å²) in [7, 11) is 0. The predicted octanol–water partition coefficient (Wildman–Crippen LogP) is 3.02. The standard InChI is InChI=1S/C16H12O4/c1-3-15(17)19-12-8-9-13-11(10-12)6-5-7-14(13)20-16(18)4-2/h3-10H,1-2H2. The van der Waals surface area contributed by atoms with Crippen molar-refractivity contribution in [2.24, 2.45) is 0 Å². The first-order valence-electron chi connectivity index (χ1n) is 5.85. The first-order chi connectivity index (χ1) is 9.63. The maximum atomic E-state index is 11.3. The third-order valence-electron chi connectivity index (χ3n) is 2.57. The lowest BCUT2D eigenvalue weighted by molar-refractivity contribution is -0.129. The Balaban J connectivity index is 2.39. The minimum atomic E-state index is -0.529. The van der Waals surface area contributed by atoms with Gasteiger partial charge in [0.15, 0.2) is 0 Å². The summed E-state index contributed by atoms with van der Waals surface area (Å²) < 4.78 is 10.2. The van der Waals surface area contributed by atoms with Crippen molar-refractivity contribution in [3.8, 4) is 11.5 Å². The Morgan fingerprint density at radius 1 is 0.950 bits per heavy atom. The summed E-state index contributed by atoms with van der Waals surface area (Å²) in [6.45, 7) is 6.69. The number of benzene rings is 2. The van der Waals surface area contributed by atoms with Crippen molar-refractivity contribution >= 4 is 22.7 Å². The molecule has 0 fully saturated rings. The first kappa shape index (κ1) is 13.5. The molecule has 0 aromatic heterocycles. The molecule has 0 bridgehead atoms. The Hall–Kier alpha value is -2.88. The molecule has 4 heteroatoms. The second-order valence-corrected chi connectivity index (χ2v) is 3.89. The second-order valence-electron chi connectivity index (χ2n) is 3.89. The molecule has 0 heterocycles. The lowest BCUT2D eigenvalue weighted by atomic mass is 10.1. The van der Waals surface area contributed by atoms with Crippen molar-refractivity contribution in [3.05, 3.63) is 61.7 Å². The van der Waals surface area contributed by atoms with E-state index in [4.69, 9.17) is 9.47 Å². The normalized spacial score (nSPS) is 9.80. The number of fused-ring (bicyclic) bond motifs is 1. The zero-order chi connectivity index (χ0) is 14.5. The summed E-state index contributed by atoms with van der Waals surface area (Å²) in [4.78, 5) is 22.4. The zero-order valence-electron chi connectivity index (χ0n) is 10.7. The Bertz CT molecular complexity index is 701. The van der Waals surface area contributed by atoms with Crippen molar-refractivity contribution in [2.45, 2.75) is 0 Å². The van der Waals surface area contributed by atoms with Crippen LogP contribution in [0.25, 0.3) is 10.8 Å². The number of ether oxygens (including phenoxy) is 2. The van der Waals surface area contributed by atoms with Crippen LogP contribution in [0.15, 0.2) is 61.7 Å². The van der Waals surface area contributed by atoms with Gasteiger partial charge in [-0.05, 0) is 29.7 Å². The van der Waals surface area contributed by atoms with Gasteiger partial charge in [-0.2, -0.15) is 0 Å². The quantitative estimate of drug-likeness (QED) is 0.486. The molecule has 0 aliphatic heterocycles. The van der Waals surface area contributed by atoms with Crippen molar-refractivity contribution in [2.75, 3.05) is 0 Å². The predicted molar refractivity (Wildman–Crippen MR) is 75.6 cm³/mol. The highest BCUT2D eigenvalue weighted by molar-refractivity contribution is 5.93. The third-order valence-corrected chi connectivity index (χ3v) is 2.57. The van der Waals surface area contributed by atoms with Crippen molar-refractivity contribution in [3.63, 3.8) is 0 Å². The molecule has 2 rings (SSSR count). The molecule has 0 radical (unpaired) electrons. The van der Waals surface area contributed by atoms with Crippen molar-refractivity contribution in [1.82, 2.24) is 0 Å². The fourth-order valence-corrected chi connectivity index (χ4v) is 1.69. The zero-order valence-corrected chi connectivity index (χ0v) is 10.7. The summed E-state index contributed by atoms with van der Waals surface area (Å²) in [5.74, 6) is -0.234. The van der Waals surface area contributed by atoms with Crippen LogP contribution in [-0.4, -0.2) is 11.9 Å². The van der Waals surface area contributed by atoms with Gasteiger partial charge in [0.2, 0.25) is 0 Å². The molecule has 0 unspecified atom stereocenters. The highest BCUT2D eigenvalue weighted by atomic mass is 16.5. The fraction of sp³-hybridized carbons (Fsp3) is 0. The van der Waals surface area contributed by atoms with Gasteiger partial charge in [-0.3, -0.25) is 0 Å². The van der Waals surface area contributed by atoms with Gasteiger partial charge in [-0.1, -0.05) is 25.3 Å². The van der Waals surface area contributed by atoms with Gasteiger partial charge >= 0.3 is 11.9 Å². The molecule has 0 saturated heterocycles. The molecule has 100 valence electrons. The summed E-state index contributed by atoms with van der Waals surface area (Å²) in [6, 6.07) is 10.3. The van der Waals surface area contributed by atoms with E-state index >= 15 is 0 Å². The van der Waals surface area contributed by atoms with Crippen LogP contribution in [0.1, 0.15) is 0 Å². The number of rotatable bonds is 4. The lowest BCUT2D eigenvalue weighted by Gasteiger charge is -2.07. The monoisotopic (exact) mass is 268 g/mol. The van der Waals surface area contributed by atoms with Crippen LogP contribution in [0.4, 0.5) is 0 Å². The number of esters is 2. The first-order valence-corrected chi connectivity index (χ1v) is 5.85. The highest BCUT2D eigenvalue weighted by Crippen LogP contribution is 2.29. The van der Waals surface area contributed by atoms with E-state index in [0.717, 1.165) is 22.9 Å². The van der Waals surface area contributed by atoms with Gasteiger partial charge in [0, 0.05) is 17.5 Å². The molecule has 0 spiro atoms. The van der Waals surface area contributed by atoms with Gasteiger partial charge in [-0.25, -0.2) is 9.59 Å². The van der Waals surface area contributed by atoms with Crippen molar-refractivity contribution in [1.29, 1.82) is 0 Å². The van der Waals surface area contributed by atoms with Crippen molar-refractivity contribution < 1.29 is 19.1 Å². The molecule has 0 aliphatic carbocycles. The van der Waals surface area contributed by atoms with Gasteiger partial charge < -0.3 is 9.47 Å². The molecular formula is C16H12O4. The molecule has 0 saturated carbocycles. The Labute approximate surface area is 115 Å². The number of carbonyl (C=O) groups is 2. The Kier molecular flexibility index (Phi) is 3.96. The Morgan fingerprint density at radius 3 is 2.35 bits per heavy atom. The van der Waals surface area contributed by atoms with Crippen LogP contribution in [0.2, 0.25) is 0 Å². The second kappa shape index (κ2) is 5.84. The summed E-state index contributed by atoms with van der Waals surface area (Å²) in [5, 5.41) is 1.52. The van der Waals surface area contributed by atoms with Crippen LogP contribution in [-0.2, 0) is 9.59 Å². The van der Waals surface area contributed by atoms with Crippen LogP contribution in [0.5, 0.6) is 11.5 Å². The molecule has 2 aromatic carbocycles. The van der Waals surface area contributed by atoms with E-state index in [2.05, 4.69) is 13.2 Å². The SMILES string of the molecule is C=CC(=O)Oc1ccc2c(OC(=O)C=C)cccc2c1. The third kappa shape index (κ3) is 2.92. The maximum Gasteiger partial charge on any atom is 0.335 e. The van der Waals surface area contributed by atoms with E-state index in [1.807, 2.05) is 6.07 Å². The van der Waals surface area contributed by atoms with Crippen LogP contribution in [0, 0.1) is 0 Å². The van der Waals surface area contributed by atoms with Gasteiger partial charge in [0.05, 0.1) is 0 Å². The molecule has 0 aliphatic rings. The number of hydrogen-bond acceptors (Lipinski definition) is 4. The average molecular weight is 268 g/mol. The summed E-state index contributed by atoms with van der Waals surface area (Å²) in [6.07, 6.45) is 2.19. The van der Waals surface area contributed by atoms with Crippen LogP contribution >= 0.6 is 0 Å². The van der Waals surface area contributed by atoms with Gasteiger partial charge in [0.25, 0.3) is 0 Å². The maximum absolute atomic E-state index is 11.3. The van der Waals surface area contributed by atoms with E-state index in [1.54, 1.807) is 30.3 Å². The molecule has 2 aromatic rings. The molecule has 20 heavy (non-hydrogen) atoms. The number of hydrogen-bond donors (Lipinski definition) is 0. The highest BCUT2D eigenvalue weighted by Gasteiger charge is 2.07. The van der Waals surface area contributed by atoms with Crippen LogP contribution in [0.3, 0.4) is 0 Å². The summed E-state index contributed by atoms with van der Waals surface area (Å²) in [5.41, 5.74) is 0. The molecule has 0 atom stereocenters. The smallest absolute Gasteiger partial charge is 0.335 e. The summed E-state index contributed by atoms with van der Waals surface area (Å²) >= 11 is 0. The van der Waals surface area contributed by atoms with Gasteiger partial charge in [0.1, 0.15) is 11.5 Å². The van der Waals surface area contributed by atoms with Gasteiger partial charge in [-0.15, -0.1) is 0 Å². The largest absolute Gasteiger partial charge is 0.423 e. The number of carbonyl (C=O) groups excluding carboxylic acids is 2. The molecule has 0 amide bonds. The van der Waals surface area contributed by atoms with E-state index < -0.39 is 11.9 Å². The minimum Gasteiger partial charge on any atom is -0.423 e. The van der Waals surface area contributed by atoms with E-state index in [-0.39, 0.29) is 0 Å². The van der Waals surface area contributed by atoms with E-state index in [9.17, 15) is 9.59 Å². The van der Waals surface area contributed by atoms with E-state index in [1.165, 1.54) is 0 Å². The fourth-order valence-electron chi connectivity index (χ4n) is 1.69. The molecule has 0 N–H and O–H groups in total. The van der Waals surface area contributed by atoms with Crippen LogP contribution < -0.4 is 9.47 Å². The molecular weight excluding hydrogens is 256 g/mol. The Morgan fingerprint density at radius 2 is 1.65 bits per heavy atom. The molecule has 4 nitrogen and oxygen atoms in total.